The van der Waals surface area contributed by atoms with Crippen molar-refractivity contribution in [3.8, 4) is 5.75 Å². The number of benzene rings is 2. The van der Waals surface area contributed by atoms with Crippen LogP contribution in [-0.4, -0.2) is 21.0 Å². The Hall–Kier alpha value is -3.12. The molecule has 0 radical (unpaired) electrons. The highest BCUT2D eigenvalue weighted by molar-refractivity contribution is 6.31. The minimum absolute atomic E-state index is 0.0549. The molecule has 0 fully saturated rings. The maximum absolute atomic E-state index is 12.5. The number of anilines is 3. The molecule has 0 aliphatic rings. The van der Waals surface area contributed by atoms with Crippen molar-refractivity contribution in [2.24, 2.45) is 0 Å². The Kier molecular flexibility index (Phi) is 5.04. The summed E-state index contributed by atoms with van der Waals surface area (Å²) in [6, 6.07) is 13.2. The maximum Gasteiger partial charge on any atom is 0.255 e. The van der Waals surface area contributed by atoms with Crippen molar-refractivity contribution in [3.63, 3.8) is 0 Å². The number of aryl methyl sites for hydroxylation is 2. The van der Waals surface area contributed by atoms with Gasteiger partial charge in [-0.25, -0.2) is 9.97 Å². The maximum atomic E-state index is 12.5. The van der Waals surface area contributed by atoms with E-state index in [4.69, 9.17) is 11.6 Å². The number of rotatable bonds is 4. The molecule has 0 saturated heterocycles. The van der Waals surface area contributed by atoms with Crippen LogP contribution in [0.3, 0.4) is 0 Å². The summed E-state index contributed by atoms with van der Waals surface area (Å²) in [5.74, 6) is 0.0424. The number of carbonyl (C=O) groups excluding carboxylic acids is 1. The SMILES string of the molecule is Cc1cc(C)nc(Nc2cccc(C(=O)Nc3cc(Cl)ccc3O)c2)n1. The lowest BCUT2D eigenvalue weighted by Gasteiger charge is -2.10. The quantitative estimate of drug-likeness (QED) is 0.592. The Morgan fingerprint density at radius 3 is 2.50 bits per heavy atom. The van der Waals surface area contributed by atoms with Crippen molar-refractivity contribution < 1.29 is 9.90 Å². The van der Waals surface area contributed by atoms with Gasteiger partial charge in [0.25, 0.3) is 5.91 Å². The highest BCUT2D eigenvalue weighted by Gasteiger charge is 2.11. The highest BCUT2D eigenvalue weighted by atomic mass is 35.5. The molecule has 0 atom stereocenters. The fourth-order valence-corrected chi connectivity index (χ4v) is 2.62. The minimum Gasteiger partial charge on any atom is -0.506 e. The Morgan fingerprint density at radius 1 is 1.04 bits per heavy atom. The van der Waals surface area contributed by atoms with Crippen molar-refractivity contribution in [2.45, 2.75) is 13.8 Å². The van der Waals surface area contributed by atoms with Gasteiger partial charge in [0.05, 0.1) is 5.69 Å². The summed E-state index contributed by atoms with van der Waals surface area (Å²) in [6.07, 6.45) is 0. The Labute approximate surface area is 155 Å². The zero-order chi connectivity index (χ0) is 18.7. The van der Waals surface area contributed by atoms with Crippen LogP contribution in [0.15, 0.2) is 48.5 Å². The number of hydrogen-bond acceptors (Lipinski definition) is 5. The highest BCUT2D eigenvalue weighted by Crippen LogP contribution is 2.27. The monoisotopic (exact) mass is 368 g/mol. The van der Waals surface area contributed by atoms with Gasteiger partial charge < -0.3 is 15.7 Å². The Balaban J connectivity index is 1.80. The van der Waals surface area contributed by atoms with Gasteiger partial charge in [0.1, 0.15) is 5.75 Å². The smallest absolute Gasteiger partial charge is 0.255 e. The molecule has 0 aliphatic carbocycles. The van der Waals surface area contributed by atoms with Crippen LogP contribution >= 0.6 is 11.6 Å². The van der Waals surface area contributed by atoms with E-state index in [1.807, 2.05) is 26.0 Å². The fraction of sp³-hybridized carbons (Fsp3) is 0.105. The summed E-state index contributed by atoms with van der Waals surface area (Å²) in [4.78, 5) is 21.1. The van der Waals surface area contributed by atoms with Gasteiger partial charge in [-0.1, -0.05) is 17.7 Å². The second-order valence-corrected chi connectivity index (χ2v) is 6.23. The van der Waals surface area contributed by atoms with Gasteiger partial charge in [0, 0.05) is 27.7 Å². The van der Waals surface area contributed by atoms with Gasteiger partial charge in [-0.15, -0.1) is 0 Å². The number of nitrogens with one attached hydrogen (secondary N) is 2. The number of hydrogen-bond donors (Lipinski definition) is 3. The van der Waals surface area contributed by atoms with E-state index in [0.717, 1.165) is 11.4 Å². The first kappa shape index (κ1) is 17.7. The van der Waals surface area contributed by atoms with Crippen molar-refractivity contribution in [2.75, 3.05) is 10.6 Å². The summed E-state index contributed by atoms with van der Waals surface area (Å²) in [6.45, 7) is 3.78. The van der Waals surface area contributed by atoms with Crippen molar-refractivity contribution in [1.29, 1.82) is 0 Å². The molecular weight excluding hydrogens is 352 g/mol. The summed E-state index contributed by atoms with van der Waals surface area (Å²) in [5.41, 5.74) is 3.05. The normalized spacial score (nSPS) is 10.4. The average Bonchev–Trinajstić information content (AvgIpc) is 2.57. The zero-order valence-electron chi connectivity index (χ0n) is 14.2. The first-order chi connectivity index (χ1) is 12.4. The lowest BCUT2D eigenvalue weighted by atomic mass is 10.1. The average molecular weight is 369 g/mol. The van der Waals surface area contributed by atoms with Crippen LogP contribution < -0.4 is 10.6 Å². The number of nitrogens with zero attached hydrogens (tertiary/aromatic N) is 2. The summed E-state index contributed by atoms with van der Waals surface area (Å²) in [7, 11) is 0. The van der Waals surface area contributed by atoms with Crippen LogP contribution in [0.25, 0.3) is 0 Å². The second kappa shape index (κ2) is 7.41. The molecule has 26 heavy (non-hydrogen) atoms. The predicted molar refractivity (Wildman–Crippen MR) is 102 cm³/mol. The number of halogens is 1. The van der Waals surface area contributed by atoms with Crippen LogP contribution in [0, 0.1) is 13.8 Å². The van der Waals surface area contributed by atoms with Crippen LogP contribution in [-0.2, 0) is 0 Å². The fourth-order valence-electron chi connectivity index (χ4n) is 2.45. The van der Waals surface area contributed by atoms with E-state index < -0.39 is 0 Å². The molecule has 1 aromatic heterocycles. The summed E-state index contributed by atoms with van der Waals surface area (Å²) < 4.78 is 0. The minimum atomic E-state index is -0.368. The van der Waals surface area contributed by atoms with Crippen LogP contribution in [0.2, 0.25) is 5.02 Å². The lowest BCUT2D eigenvalue weighted by molar-refractivity contribution is 0.102. The molecule has 3 aromatic rings. The van der Waals surface area contributed by atoms with Gasteiger partial charge >= 0.3 is 0 Å². The molecule has 3 rings (SSSR count). The zero-order valence-corrected chi connectivity index (χ0v) is 15.0. The van der Waals surface area contributed by atoms with Gasteiger partial charge in [0.2, 0.25) is 5.95 Å². The molecule has 7 heteroatoms. The number of carbonyl (C=O) groups is 1. The predicted octanol–water partition coefficient (Wildman–Crippen LogP) is 4.45. The number of phenolic OH excluding ortho intramolecular Hbond substituents is 1. The van der Waals surface area contributed by atoms with Crippen molar-refractivity contribution in [1.82, 2.24) is 9.97 Å². The van der Waals surface area contributed by atoms with E-state index in [0.29, 0.717) is 22.2 Å². The van der Waals surface area contributed by atoms with E-state index in [2.05, 4.69) is 20.6 Å². The number of phenols is 1. The molecule has 0 saturated carbocycles. The van der Waals surface area contributed by atoms with Gasteiger partial charge in [-0.3, -0.25) is 4.79 Å². The van der Waals surface area contributed by atoms with Gasteiger partial charge in [-0.2, -0.15) is 0 Å². The molecular formula is C19H17ClN4O2. The first-order valence-corrected chi connectivity index (χ1v) is 8.28. The molecule has 132 valence electrons. The van der Waals surface area contributed by atoms with Crippen molar-refractivity contribution in [3.05, 3.63) is 70.5 Å². The topological polar surface area (TPSA) is 87.1 Å². The molecule has 6 nitrogen and oxygen atoms in total. The molecule has 0 bridgehead atoms. The van der Waals surface area contributed by atoms with E-state index in [-0.39, 0.29) is 17.3 Å². The van der Waals surface area contributed by atoms with E-state index in [1.165, 1.54) is 12.1 Å². The lowest BCUT2D eigenvalue weighted by Crippen LogP contribution is -2.12. The molecule has 2 aromatic carbocycles. The largest absolute Gasteiger partial charge is 0.506 e. The summed E-state index contributed by atoms with van der Waals surface area (Å²) in [5, 5.41) is 16.0. The van der Waals surface area contributed by atoms with Gasteiger partial charge in [-0.05, 0) is 56.3 Å². The number of amides is 1. The standard InChI is InChI=1S/C19H17ClN4O2/c1-11-8-12(2)22-19(21-11)23-15-5-3-4-13(9-15)18(26)24-16-10-14(20)6-7-17(16)25/h3-10,25H,1-2H3,(H,24,26)(H,21,22,23). The first-order valence-electron chi connectivity index (χ1n) is 7.90. The van der Waals surface area contributed by atoms with Gasteiger partial charge in [0.15, 0.2) is 0 Å². The van der Waals surface area contributed by atoms with Crippen LogP contribution in [0.4, 0.5) is 17.3 Å². The van der Waals surface area contributed by atoms with Crippen LogP contribution in [0.1, 0.15) is 21.7 Å². The molecule has 0 aliphatic heterocycles. The Bertz CT molecular complexity index is 955. The second-order valence-electron chi connectivity index (χ2n) is 5.80. The van der Waals surface area contributed by atoms with Crippen molar-refractivity contribution >= 4 is 34.8 Å². The summed E-state index contributed by atoms with van der Waals surface area (Å²) >= 11 is 5.90. The third kappa shape index (κ3) is 4.29. The molecule has 1 heterocycles. The van der Waals surface area contributed by atoms with E-state index >= 15 is 0 Å². The van der Waals surface area contributed by atoms with Crippen LogP contribution in [0.5, 0.6) is 5.75 Å². The molecule has 3 N–H and O–H groups in total. The third-order valence-electron chi connectivity index (χ3n) is 3.57. The molecule has 0 spiro atoms. The Morgan fingerprint density at radius 2 is 1.77 bits per heavy atom. The van der Waals surface area contributed by atoms with E-state index in [9.17, 15) is 9.90 Å². The molecule has 1 amide bonds. The number of aromatic nitrogens is 2. The third-order valence-corrected chi connectivity index (χ3v) is 3.81. The van der Waals surface area contributed by atoms with E-state index in [1.54, 1.807) is 24.3 Å². The number of aromatic hydroxyl groups is 1. The molecule has 0 unspecified atom stereocenters.